The van der Waals surface area contributed by atoms with Crippen molar-refractivity contribution in [2.24, 2.45) is 0 Å². The zero-order valence-electron chi connectivity index (χ0n) is 14.8. The van der Waals surface area contributed by atoms with Gasteiger partial charge in [0.15, 0.2) is 0 Å². The molecule has 0 fully saturated rings. The van der Waals surface area contributed by atoms with Gasteiger partial charge < -0.3 is 15.2 Å². The molecule has 4 N–H and O–H groups in total. The second-order valence-corrected chi connectivity index (χ2v) is 8.11. The molecule has 2 heterocycles. The van der Waals surface area contributed by atoms with Gasteiger partial charge in [0.1, 0.15) is 4.90 Å². The minimum absolute atomic E-state index is 0.0702. The van der Waals surface area contributed by atoms with Crippen molar-refractivity contribution >= 4 is 32.4 Å². The van der Waals surface area contributed by atoms with Crippen LogP contribution in [0.1, 0.15) is 32.4 Å². The Hall–Kier alpha value is -1.81. The van der Waals surface area contributed by atoms with Crippen LogP contribution in [-0.4, -0.2) is 46.6 Å². The first kappa shape index (κ1) is 20.5. The molecule has 0 atom stereocenters. The van der Waals surface area contributed by atoms with Crippen LogP contribution >= 0.6 is 11.6 Å². The molecule has 0 aromatic carbocycles. The fraction of sp³-hybridized carbons (Fsp3) is 0.438. The normalized spacial score (nSPS) is 14.6. The number of hydrogen-bond acceptors (Lipinski definition) is 5. The summed E-state index contributed by atoms with van der Waals surface area (Å²) < 4.78 is 29.0. The van der Waals surface area contributed by atoms with Crippen LogP contribution in [0.25, 0.3) is 10.7 Å². The van der Waals surface area contributed by atoms with Gasteiger partial charge in [-0.25, -0.2) is 8.42 Å². The van der Waals surface area contributed by atoms with Gasteiger partial charge in [0.05, 0.1) is 30.8 Å². The second-order valence-electron chi connectivity index (χ2n) is 5.86. The van der Waals surface area contributed by atoms with Crippen LogP contribution in [0, 0.1) is 0 Å². The highest BCUT2D eigenvalue weighted by Gasteiger charge is 2.19. The van der Waals surface area contributed by atoms with E-state index in [4.69, 9.17) is 11.6 Å². The van der Waals surface area contributed by atoms with Gasteiger partial charge >= 0.3 is 0 Å². The molecular weight excluding hydrogens is 380 g/mol. The molecule has 0 amide bonds. The lowest BCUT2D eigenvalue weighted by molar-refractivity contribution is 0.146. The van der Waals surface area contributed by atoms with Gasteiger partial charge in [-0.15, -0.1) is 0 Å². The molecule has 144 valence electrons. The topological polar surface area (TPSA) is 120 Å². The number of aromatic nitrogens is 3. The average Bonchev–Trinajstić information content (AvgIpc) is 3.23. The number of aromatic amines is 1. The van der Waals surface area contributed by atoms with Gasteiger partial charge in [0, 0.05) is 28.3 Å². The highest BCUT2D eigenvalue weighted by Crippen LogP contribution is 2.12. The molecule has 2 rings (SSSR count). The third-order valence-corrected chi connectivity index (χ3v) is 5.63. The lowest BCUT2D eigenvalue weighted by Gasteiger charge is -2.10. The Labute approximate surface area is 156 Å². The number of H-pyrrole nitrogens is 1. The largest absolute Gasteiger partial charge is 0.394 e. The summed E-state index contributed by atoms with van der Waals surface area (Å²) in [7, 11) is -3.88. The Morgan fingerprint density at radius 3 is 2.58 bits per heavy atom. The zero-order valence-corrected chi connectivity index (χ0v) is 16.4. The van der Waals surface area contributed by atoms with Crippen molar-refractivity contribution in [2.45, 2.75) is 38.1 Å². The van der Waals surface area contributed by atoms with Crippen molar-refractivity contribution in [1.29, 1.82) is 0 Å². The Balaban J connectivity index is 2.45. The minimum atomic E-state index is -3.88. The third kappa shape index (κ3) is 4.12. The molecule has 0 unspecified atom stereocenters. The zero-order chi connectivity index (χ0) is 19.5. The first-order valence-electron chi connectivity index (χ1n) is 8.07. The number of sulfonamides is 1. The Kier molecular flexibility index (Phi) is 6.51. The van der Waals surface area contributed by atoms with Crippen LogP contribution in [0.4, 0.5) is 0 Å². The highest BCUT2D eigenvalue weighted by molar-refractivity contribution is 7.89. The number of aliphatic hydroxyl groups excluding tert-OH is 2. The molecule has 0 saturated carbocycles. The maximum Gasteiger partial charge on any atom is 0.264 e. The summed E-state index contributed by atoms with van der Waals surface area (Å²) in [4.78, 5) is 3.00. The molecule has 26 heavy (non-hydrogen) atoms. The smallest absolute Gasteiger partial charge is 0.264 e. The van der Waals surface area contributed by atoms with Crippen molar-refractivity contribution < 1.29 is 18.6 Å². The molecule has 0 spiro atoms. The maximum atomic E-state index is 12.6. The number of nitrogens with one attached hydrogen (secondary N) is 2. The van der Waals surface area contributed by atoms with Crippen LogP contribution in [0.2, 0.25) is 0 Å². The van der Waals surface area contributed by atoms with E-state index >= 15 is 0 Å². The summed E-state index contributed by atoms with van der Waals surface area (Å²) in [6.45, 7) is 4.67. The molecule has 0 aliphatic heterocycles. The molecule has 0 aliphatic rings. The van der Waals surface area contributed by atoms with Crippen molar-refractivity contribution in [3.63, 3.8) is 0 Å². The number of rotatable bonds is 7. The summed E-state index contributed by atoms with van der Waals surface area (Å²) in [5.41, 5.74) is 1.39. The summed E-state index contributed by atoms with van der Waals surface area (Å²) in [5, 5.41) is 24.2. The lowest BCUT2D eigenvalue weighted by Crippen LogP contribution is -2.34. The fourth-order valence-corrected chi connectivity index (χ4v) is 3.90. The fourth-order valence-electron chi connectivity index (χ4n) is 2.63. The van der Waals surface area contributed by atoms with Crippen LogP contribution < -0.4 is 15.3 Å². The first-order chi connectivity index (χ1) is 12.2. The minimum Gasteiger partial charge on any atom is -0.394 e. The van der Waals surface area contributed by atoms with Crippen molar-refractivity contribution in [3.05, 3.63) is 34.7 Å². The molecule has 0 bridgehead atoms. The van der Waals surface area contributed by atoms with Crippen molar-refractivity contribution in [2.75, 3.05) is 13.2 Å². The summed E-state index contributed by atoms with van der Waals surface area (Å²) >= 11 is 6.18. The standard InChI is InChI=1S/C16H23ClN4O4S/c1-4-12-5-18-16(15(12)10(2)17)11(3)20-26(24,25)14-6-19-21(7-14)13(8-22)9-23/h5-7,13,18,20,22-23H,4,8-9H2,1-3H3/b15-10+,16-11-. The van der Waals surface area contributed by atoms with Crippen LogP contribution in [0.5, 0.6) is 0 Å². The second kappa shape index (κ2) is 8.26. The Bertz CT molecular complexity index is 986. The number of hydrogen-bond donors (Lipinski definition) is 4. The number of aryl methyl sites for hydroxylation is 1. The van der Waals surface area contributed by atoms with Gasteiger partial charge in [-0.1, -0.05) is 18.5 Å². The van der Waals surface area contributed by atoms with E-state index in [1.54, 1.807) is 20.0 Å². The van der Waals surface area contributed by atoms with E-state index in [0.717, 1.165) is 17.2 Å². The van der Waals surface area contributed by atoms with Gasteiger partial charge in [0.2, 0.25) is 0 Å². The third-order valence-electron chi connectivity index (χ3n) is 4.03. The molecule has 0 aliphatic carbocycles. The molecule has 2 aromatic heterocycles. The van der Waals surface area contributed by atoms with E-state index < -0.39 is 16.1 Å². The van der Waals surface area contributed by atoms with E-state index in [1.165, 1.54) is 17.1 Å². The van der Waals surface area contributed by atoms with E-state index in [1.807, 2.05) is 6.92 Å². The van der Waals surface area contributed by atoms with Crippen molar-refractivity contribution in [3.8, 4) is 0 Å². The van der Waals surface area contributed by atoms with Crippen LogP contribution in [-0.2, 0) is 16.4 Å². The van der Waals surface area contributed by atoms with Gasteiger partial charge in [-0.3, -0.25) is 9.40 Å². The van der Waals surface area contributed by atoms with Gasteiger partial charge in [-0.2, -0.15) is 5.10 Å². The first-order valence-corrected chi connectivity index (χ1v) is 9.93. The molecule has 0 radical (unpaired) electrons. The van der Waals surface area contributed by atoms with E-state index in [0.29, 0.717) is 16.1 Å². The SMILES string of the molecule is CCc1c[nH]c(=C(/C)NS(=O)(=O)c2cnn(C(CO)CO)c2)/c1=C(\C)Cl. The van der Waals surface area contributed by atoms with Crippen LogP contribution in [0.15, 0.2) is 23.5 Å². The monoisotopic (exact) mass is 402 g/mol. The predicted molar refractivity (Wildman–Crippen MR) is 99.2 cm³/mol. The quantitative estimate of drug-likeness (QED) is 0.510. The Morgan fingerprint density at radius 2 is 2.04 bits per heavy atom. The molecule has 0 saturated heterocycles. The van der Waals surface area contributed by atoms with E-state index in [9.17, 15) is 18.6 Å². The highest BCUT2D eigenvalue weighted by atomic mass is 35.5. The van der Waals surface area contributed by atoms with Crippen molar-refractivity contribution in [1.82, 2.24) is 19.5 Å². The molecule has 8 nitrogen and oxygen atoms in total. The van der Waals surface area contributed by atoms with Gasteiger partial charge in [0.25, 0.3) is 10.0 Å². The van der Waals surface area contributed by atoms with E-state index in [2.05, 4.69) is 14.8 Å². The summed E-state index contributed by atoms with van der Waals surface area (Å²) in [6.07, 6.45) is 4.99. The van der Waals surface area contributed by atoms with E-state index in [-0.39, 0.29) is 18.1 Å². The average molecular weight is 403 g/mol. The number of halogens is 1. The number of aliphatic hydroxyl groups is 2. The summed E-state index contributed by atoms with van der Waals surface area (Å²) in [5.74, 6) is 0. The van der Waals surface area contributed by atoms with Gasteiger partial charge in [-0.05, 0) is 25.8 Å². The molecular formula is C16H23ClN4O4S. The lowest BCUT2D eigenvalue weighted by atomic mass is 10.2. The molecule has 10 heteroatoms. The van der Waals surface area contributed by atoms with Crippen LogP contribution in [0.3, 0.4) is 0 Å². The predicted octanol–water partition coefficient (Wildman–Crippen LogP) is -0.227. The maximum absolute atomic E-state index is 12.6. The molecule has 2 aromatic rings. The summed E-state index contributed by atoms with van der Waals surface area (Å²) in [6, 6.07) is -0.695. The Morgan fingerprint density at radius 1 is 1.38 bits per heavy atom. The number of nitrogens with zero attached hydrogens (tertiary/aromatic N) is 2.